The molecule has 1 aliphatic heterocycles. The van der Waals surface area contributed by atoms with Crippen LogP contribution in [0.3, 0.4) is 0 Å². The number of halogens is 1. The molecule has 2 aliphatic rings. The van der Waals surface area contributed by atoms with Crippen LogP contribution >= 0.6 is 11.6 Å². The summed E-state index contributed by atoms with van der Waals surface area (Å²) in [6, 6.07) is 3.72. The lowest BCUT2D eigenvalue weighted by Gasteiger charge is -2.44. The monoisotopic (exact) mass is 431 g/mol. The lowest BCUT2D eigenvalue weighted by Crippen LogP contribution is -2.48. The number of nitrogens with one attached hydrogen (secondary N) is 2. The molecule has 4 rings (SSSR count). The minimum atomic E-state index is -0.273. The maximum Gasteiger partial charge on any atom is 0.289 e. The van der Waals surface area contributed by atoms with Crippen molar-refractivity contribution in [3.8, 4) is 0 Å². The van der Waals surface area contributed by atoms with Gasteiger partial charge in [-0.15, -0.1) is 0 Å². The van der Waals surface area contributed by atoms with Gasteiger partial charge in [0.15, 0.2) is 5.76 Å². The van der Waals surface area contributed by atoms with Crippen LogP contribution in [-0.4, -0.2) is 37.1 Å². The molecule has 1 aromatic heterocycles. The number of carbonyl (C=O) groups excluding carboxylic acids is 1. The molecule has 162 valence electrons. The van der Waals surface area contributed by atoms with Crippen molar-refractivity contribution in [2.24, 2.45) is 0 Å². The van der Waals surface area contributed by atoms with E-state index in [2.05, 4.69) is 17.2 Å². The average molecular weight is 432 g/mol. The molecule has 1 aromatic carbocycles. The Balaban J connectivity index is 1.83. The summed E-state index contributed by atoms with van der Waals surface area (Å²) in [6.45, 7) is 9.07. The summed E-state index contributed by atoms with van der Waals surface area (Å²) in [5.74, 6) is 0.940. The molecule has 0 unspecified atom stereocenters. The number of rotatable bonds is 5. The van der Waals surface area contributed by atoms with Crippen LogP contribution in [0.15, 0.2) is 28.9 Å². The molecule has 0 saturated heterocycles. The van der Waals surface area contributed by atoms with Gasteiger partial charge in [0, 0.05) is 30.6 Å². The standard InChI is InChI=1S/C23H30ClN3O3/c1-14(2)27(10-11-29-4)22(28)18-13-16-12-17(24)20-19(21(16)30-18)23(26-15(3)25-20)8-6-5-7-9-23/h12-14,25-26H,3,5-11H2,1-2,4H3. The minimum Gasteiger partial charge on any atom is -0.450 e. The van der Waals surface area contributed by atoms with E-state index in [1.807, 2.05) is 26.0 Å². The molecule has 1 aliphatic carbocycles. The van der Waals surface area contributed by atoms with Crippen LogP contribution in [0, 0.1) is 0 Å². The van der Waals surface area contributed by atoms with Crippen molar-refractivity contribution in [3.05, 3.63) is 40.9 Å². The number of amides is 1. The smallest absolute Gasteiger partial charge is 0.289 e. The van der Waals surface area contributed by atoms with Gasteiger partial charge in [0.05, 0.1) is 28.7 Å². The van der Waals surface area contributed by atoms with Crippen molar-refractivity contribution in [2.75, 3.05) is 25.6 Å². The Morgan fingerprint density at radius 1 is 1.33 bits per heavy atom. The van der Waals surface area contributed by atoms with Gasteiger partial charge in [-0.3, -0.25) is 4.79 Å². The van der Waals surface area contributed by atoms with Gasteiger partial charge in [0.2, 0.25) is 0 Å². The lowest BCUT2D eigenvalue weighted by atomic mass is 9.74. The van der Waals surface area contributed by atoms with Gasteiger partial charge in [0.25, 0.3) is 5.91 Å². The van der Waals surface area contributed by atoms with E-state index in [1.165, 1.54) is 6.42 Å². The number of fused-ring (bicyclic) bond motifs is 4. The van der Waals surface area contributed by atoms with Gasteiger partial charge in [-0.25, -0.2) is 0 Å². The van der Waals surface area contributed by atoms with Gasteiger partial charge in [0.1, 0.15) is 5.58 Å². The van der Waals surface area contributed by atoms with E-state index in [-0.39, 0.29) is 17.5 Å². The molecule has 6 nitrogen and oxygen atoms in total. The van der Waals surface area contributed by atoms with Crippen LogP contribution in [0.5, 0.6) is 0 Å². The van der Waals surface area contributed by atoms with Crippen LogP contribution < -0.4 is 10.6 Å². The number of hydrogen-bond acceptors (Lipinski definition) is 5. The summed E-state index contributed by atoms with van der Waals surface area (Å²) >= 11 is 6.67. The highest BCUT2D eigenvalue weighted by atomic mass is 35.5. The first-order valence-corrected chi connectivity index (χ1v) is 11.0. The molecule has 7 heteroatoms. The van der Waals surface area contributed by atoms with E-state index in [4.69, 9.17) is 20.8 Å². The van der Waals surface area contributed by atoms with Crippen molar-refractivity contribution in [2.45, 2.75) is 57.5 Å². The predicted octanol–water partition coefficient (Wildman–Crippen LogP) is 5.23. The third kappa shape index (κ3) is 3.56. The highest BCUT2D eigenvalue weighted by Crippen LogP contribution is 2.49. The molecule has 0 radical (unpaired) electrons. The Kier molecular flexibility index (Phi) is 5.73. The first kappa shape index (κ1) is 21.1. The van der Waals surface area contributed by atoms with Crippen LogP contribution in [0.2, 0.25) is 5.02 Å². The van der Waals surface area contributed by atoms with Crippen LogP contribution in [0.4, 0.5) is 5.69 Å². The van der Waals surface area contributed by atoms with Crippen molar-refractivity contribution in [3.63, 3.8) is 0 Å². The van der Waals surface area contributed by atoms with Crippen molar-refractivity contribution in [1.82, 2.24) is 10.2 Å². The van der Waals surface area contributed by atoms with Crippen LogP contribution in [0.25, 0.3) is 11.0 Å². The summed E-state index contributed by atoms with van der Waals surface area (Å²) < 4.78 is 11.4. The number of nitrogens with zero attached hydrogens (tertiary/aromatic N) is 1. The number of methoxy groups -OCH3 is 1. The molecule has 1 saturated carbocycles. The molecule has 1 fully saturated rings. The fraction of sp³-hybridized carbons (Fsp3) is 0.522. The molecular formula is C23H30ClN3O3. The largest absolute Gasteiger partial charge is 0.450 e. The topological polar surface area (TPSA) is 66.7 Å². The van der Waals surface area contributed by atoms with E-state index in [0.717, 1.165) is 53.7 Å². The lowest BCUT2D eigenvalue weighted by molar-refractivity contribution is 0.0606. The highest BCUT2D eigenvalue weighted by Gasteiger charge is 2.42. The predicted molar refractivity (Wildman–Crippen MR) is 120 cm³/mol. The molecule has 1 spiro atoms. The van der Waals surface area contributed by atoms with Gasteiger partial charge < -0.3 is 24.7 Å². The quantitative estimate of drug-likeness (QED) is 0.678. The van der Waals surface area contributed by atoms with Crippen LogP contribution in [-0.2, 0) is 10.3 Å². The molecular weight excluding hydrogens is 402 g/mol. The number of hydrogen-bond donors (Lipinski definition) is 2. The van der Waals surface area contributed by atoms with Gasteiger partial charge in [-0.05, 0) is 38.8 Å². The van der Waals surface area contributed by atoms with Gasteiger partial charge >= 0.3 is 0 Å². The fourth-order valence-electron chi connectivity index (χ4n) is 4.82. The van der Waals surface area contributed by atoms with Crippen molar-refractivity contribution in [1.29, 1.82) is 0 Å². The Labute approximate surface area is 182 Å². The molecule has 0 atom stereocenters. The normalized spacial score (nSPS) is 17.7. The third-order valence-electron chi connectivity index (χ3n) is 6.24. The zero-order valence-corrected chi connectivity index (χ0v) is 18.7. The maximum absolute atomic E-state index is 13.2. The summed E-state index contributed by atoms with van der Waals surface area (Å²) in [5, 5.41) is 8.33. The number of ether oxygens (including phenoxy) is 1. The maximum atomic E-state index is 13.2. The Morgan fingerprint density at radius 2 is 2.07 bits per heavy atom. The summed E-state index contributed by atoms with van der Waals surface area (Å²) in [7, 11) is 1.63. The molecule has 2 heterocycles. The van der Waals surface area contributed by atoms with E-state index in [1.54, 1.807) is 12.0 Å². The third-order valence-corrected chi connectivity index (χ3v) is 6.54. The van der Waals surface area contributed by atoms with Crippen molar-refractivity contribution >= 4 is 34.2 Å². The van der Waals surface area contributed by atoms with Gasteiger partial charge in [-0.1, -0.05) is 37.4 Å². The summed E-state index contributed by atoms with van der Waals surface area (Å²) in [6.07, 6.45) is 5.42. The van der Waals surface area contributed by atoms with Gasteiger partial charge in [-0.2, -0.15) is 0 Å². The molecule has 2 N–H and O–H groups in total. The number of furan rings is 1. The minimum absolute atomic E-state index is 0.0368. The summed E-state index contributed by atoms with van der Waals surface area (Å²) in [4.78, 5) is 15.0. The van der Waals surface area contributed by atoms with E-state index in [0.29, 0.717) is 23.9 Å². The number of anilines is 1. The van der Waals surface area contributed by atoms with Crippen LogP contribution in [0.1, 0.15) is 62.1 Å². The average Bonchev–Trinajstić information content (AvgIpc) is 3.12. The second kappa shape index (κ2) is 8.16. The molecule has 2 aromatic rings. The Bertz CT molecular complexity index is 976. The number of carbonyl (C=O) groups is 1. The second-order valence-corrected chi connectivity index (χ2v) is 9.00. The molecule has 30 heavy (non-hydrogen) atoms. The first-order chi connectivity index (χ1) is 14.4. The Morgan fingerprint density at radius 3 is 2.73 bits per heavy atom. The molecule has 1 amide bonds. The zero-order valence-electron chi connectivity index (χ0n) is 17.9. The summed E-state index contributed by atoms with van der Waals surface area (Å²) in [5.41, 5.74) is 2.31. The van der Waals surface area contributed by atoms with Crippen molar-refractivity contribution < 1.29 is 13.9 Å². The Hall–Kier alpha value is -2.18. The first-order valence-electron chi connectivity index (χ1n) is 10.7. The number of benzene rings is 1. The van der Waals surface area contributed by atoms with E-state index >= 15 is 0 Å². The second-order valence-electron chi connectivity index (χ2n) is 8.59. The highest BCUT2D eigenvalue weighted by molar-refractivity contribution is 6.34. The SMILES string of the molecule is C=C1Nc2c(Cl)cc3cc(C(=O)N(CCOC)C(C)C)oc3c2C2(CCCCC2)N1. The fourth-order valence-corrected chi connectivity index (χ4v) is 5.08. The van der Waals surface area contributed by atoms with E-state index in [9.17, 15) is 4.79 Å². The molecule has 0 bridgehead atoms. The zero-order chi connectivity index (χ0) is 21.5. The van der Waals surface area contributed by atoms with E-state index < -0.39 is 0 Å².